The lowest BCUT2D eigenvalue weighted by Crippen LogP contribution is -2.40. The number of benzene rings is 1. The molecule has 22 heavy (non-hydrogen) atoms. The molecule has 2 atom stereocenters. The average molecular weight is 317 g/mol. The summed E-state index contributed by atoms with van der Waals surface area (Å²) in [6.07, 6.45) is 1.78. The Labute approximate surface area is 135 Å². The van der Waals surface area contributed by atoms with Crippen molar-refractivity contribution in [3.05, 3.63) is 48.2 Å². The molecule has 0 aliphatic rings. The Bertz CT molecular complexity index is 626. The molecule has 0 amide bonds. The van der Waals surface area contributed by atoms with Crippen molar-refractivity contribution in [2.24, 2.45) is 0 Å². The molecule has 0 radical (unpaired) electrons. The summed E-state index contributed by atoms with van der Waals surface area (Å²) in [5.41, 5.74) is 8.91. The lowest BCUT2D eigenvalue weighted by molar-refractivity contribution is 0.531. The van der Waals surface area contributed by atoms with Crippen LogP contribution in [0.25, 0.3) is 11.1 Å². The molecule has 1 aromatic carbocycles. The molecule has 5 heteroatoms. The second-order valence-corrected chi connectivity index (χ2v) is 8.28. The van der Waals surface area contributed by atoms with Crippen LogP contribution in [-0.2, 0) is 11.4 Å². The Morgan fingerprint density at radius 2 is 1.86 bits per heavy atom. The van der Waals surface area contributed by atoms with Gasteiger partial charge in [-0.1, -0.05) is 30.3 Å². The van der Waals surface area contributed by atoms with Crippen LogP contribution in [0.2, 0.25) is 0 Å². The van der Waals surface area contributed by atoms with Gasteiger partial charge in [0, 0.05) is 23.1 Å². The standard InChI is InChI=1S/C17H23N3OS/c1-12(20-22(21)17(2,3)4)14-10-16(18)19-11-15(14)13-8-6-5-7-9-13/h5-12,20H,1-4H3,(H2,18,19)/t12?,22-/m1/s1. The number of hydrogen-bond donors (Lipinski definition) is 2. The van der Waals surface area contributed by atoms with Crippen molar-refractivity contribution in [2.45, 2.75) is 38.5 Å². The lowest BCUT2D eigenvalue weighted by Gasteiger charge is -2.27. The lowest BCUT2D eigenvalue weighted by atomic mass is 9.98. The summed E-state index contributed by atoms with van der Waals surface area (Å²) >= 11 is -1.15. The van der Waals surface area contributed by atoms with Crippen molar-refractivity contribution in [2.75, 3.05) is 5.73 Å². The number of hydrogen-bond acceptors (Lipinski definition) is 4. The van der Waals surface area contributed by atoms with Gasteiger partial charge in [0.25, 0.3) is 0 Å². The van der Waals surface area contributed by atoms with Crippen LogP contribution in [0.1, 0.15) is 39.3 Å². The topological polar surface area (TPSA) is 74.0 Å². The molecule has 2 rings (SSSR count). The van der Waals surface area contributed by atoms with E-state index in [1.807, 2.05) is 64.1 Å². The van der Waals surface area contributed by atoms with E-state index in [1.54, 1.807) is 6.20 Å². The summed E-state index contributed by atoms with van der Waals surface area (Å²) in [6.45, 7) is 7.83. The van der Waals surface area contributed by atoms with Crippen molar-refractivity contribution in [3.8, 4) is 11.1 Å². The first-order chi connectivity index (χ1) is 10.3. The van der Waals surface area contributed by atoms with Crippen LogP contribution < -0.4 is 10.5 Å². The SMILES string of the molecule is CC(N[S@+]([O-])C(C)(C)C)c1cc(N)ncc1-c1ccccc1. The Morgan fingerprint density at radius 3 is 2.45 bits per heavy atom. The fourth-order valence-corrected chi connectivity index (χ4v) is 2.91. The van der Waals surface area contributed by atoms with Crippen molar-refractivity contribution >= 4 is 17.2 Å². The highest BCUT2D eigenvalue weighted by Crippen LogP contribution is 2.30. The number of nitrogens with two attached hydrogens (primary N) is 1. The van der Waals surface area contributed by atoms with E-state index in [9.17, 15) is 4.55 Å². The first kappa shape index (κ1) is 16.8. The molecule has 2 aromatic rings. The predicted octanol–water partition coefficient (Wildman–Crippen LogP) is 3.44. The summed E-state index contributed by atoms with van der Waals surface area (Å²) in [5, 5.41) is 0. The van der Waals surface area contributed by atoms with Gasteiger partial charge in [0.1, 0.15) is 10.6 Å². The number of nitrogen functional groups attached to an aromatic ring is 1. The second-order valence-electron chi connectivity index (χ2n) is 6.28. The molecule has 0 saturated carbocycles. The zero-order chi connectivity index (χ0) is 16.3. The van der Waals surface area contributed by atoms with Gasteiger partial charge in [0.05, 0.1) is 6.04 Å². The third-order valence-corrected chi connectivity index (χ3v) is 5.03. The maximum atomic E-state index is 12.3. The largest absolute Gasteiger partial charge is 0.598 e. The van der Waals surface area contributed by atoms with Crippen molar-refractivity contribution in [1.82, 2.24) is 9.71 Å². The van der Waals surface area contributed by atoms with Crippen LogP contribution in [0.3, 0.4) is 0 Å². The monoisotopic (exact) mass is 317 g/mol. The van der Waals surface area contributed by atoms with Crippen LogP contribution in [0.5, 0.6) is 0 Å². The van der Waals surface area contributed by atoms with Gasteiger partial charge >= 0.3 is 0 Å². The van der Waals surface area contributed by atoms with Gasteiger partial charge in [-0.05, 0) is 44.9 Å². The zero-order valence-electron chi connectivity index (χ0n) is 13.5. The van der Waals surface area contributed by atoms with E-state index in [4.69, 9.17) is 5.73 Å². The van der Waals surface area contributed by atoms with E-state index in [0.717, 1.165) is 16.7 Å². The van der Waals surface area contributed by atoms with E-state index in [1.165, 1.54) is 0 Å². The van der Waals surface area contributed by atoms with Gasteiger partial charge in [-0.15, -0.1) is 4.72 Å². The van der Waals surface area contributed by atoms with E-state index in [-0.39, 0.29) is 10.8 Å². The van der Waals surface area contributed by atoms with E-state index >= 15 is 0 Å². The Balaban J connectivity index is 2.36. The highest BCUT2D eigenvalue weighted by atomic mass is 32.2. The van der Waals surface area contributed by atoms with E-state index in [2.05, 4.69) is 9.71 Å². The third-order valence-electron chi connectivity index (χ3n) is 3.35. The molecule has 0 saturated heterocycles. The van der Waals surface area contributed by atoms with Crippen molar-refractivity contribution in [3.63, 3.8) is 0 Å². The number of nitrogens with zero attached hydrogens (tertiary/aromatic N) is 1. The number of aromatic nitrogens is 1. The molecule has 4 nitrogen and oxygen atoms in total. The summed E-state index contributed by atoms with van der Waals surface area (Å²) < 4.78 is 15.2. The van der Waals surface area contributed by atoms with Gasteiger partial charge in [0.15, 0.2) is 0 Å². The van der Waals surface area contributed by atoms with E-state index in [0.29, 0.717) is 5.82 Å². The first-order valence-corrected chi connectivity index (χ1v) is 8.43. The van der Waals surface area contributed by atoms with Crippen molar-refractivity contribution < 1.29 is 4.55 Å². The minimum absolute atomic E-state index is 0.0967. The maximum Gasteiger partial charge on any atom is 0.136 e. The number of nitrogens with one attached hydrogen (secondary N) is 1. The minimum atomic E-state index is -1.15. The van der Waals surface area contributed by atoms with Crippen LogP contribution >= 0.6 is 0 Å². The van der Waals surface area contributed by atoms with E-state index < -0.39 is 11.4 Å². The summed E-state index contributed by atoms with van der Waals surface area (Å²) in [6, 6.07) is 11.8. The number of pyridine rings is 1. The predicted molar refractivity (Wildman–Crippen MR) is 93.5 cm³/mol. The summed E-state index contributed by atoms with van der Waals surface area (Å²) in [7, 11) is 0. The Morgan fingerprint density at radius 1 is 1.23 bits per heavy atom. The maximum absolute atomic E-state index is 12.3. The molecular formula is C17H23N3OS. The molecule has 0 bridgehead atoms. The molecule has 0 aliphatic heterocycles. The molecule has 3 N–H and O–H groups in total. The van der Waals surface area contributed by atoms with Crippen LogP contribution in [0.15, 0.2) is 42.6 Å². The summed E-state index contributed by atoms with van der Waals surface area (Å²) in [5.74, 6) is 0.463. The normalized spacial score (nSPS) is 14.6. The van der Waals surface area contributed by atoms with Gasteiger partial charge in [-0.3, -0.25) is 0 Å². The molecule has 1 aromatic heterocycles. The first-order valence-electron chi connectivity index (χ1n) is 7.28. The Kier molecular flexibility index (Phi) is 5.11. The highest BCUT2D eigenvalue weighted by molar-refractivity contribution is 7.90. The second kappa shape index (κ2) is 6.69. The van der Waals surface area contributed by atoms with Crippen LogP contribution in [0.4, 0.5) is 5.82 Å². The highest BCUT2D eigenvalue weighted by Gasteiger charge is 2.29. The fraction of sp³-hybridized carbons (Fsp3) is 0.353. The molecule has 1 unspecified atom stereocenters. The minimum Gasteiger partial charge on any atom is -0.598 e. The van der Waals surface area contributed by atoms with Gasteiger partial charge < -0.3 is 10.3 Å². The summed E-state index contributed by atoms with van der Waals surface area (Å²) in [4.78, 5) is 4.20. The smallest absolute Gasteiger partial charge is 0.136 e. The Hall–Kier alpha value is -1.56. The number of rotatable bonds is 4. The zero-order valence-corrected chi connectivity index (χ0v) is 14.3. The third kappa shape index (κ3) is 4.00. The molecule has 0 spiro atoms. The molecular weight excluding hydrogens is 294 g/mol. The number of anilines is 1. The van der Waals surface area contributed by atoms with Crippen LogP contribution in [0, 0.1) is 0 Å². The molecule has 1 heterocycles. The van der Waals surface area contributed by atoms with Gasteiger partial charge in [-0.25, -0.2) is 4.98 Å². The fourth-order valence-electron chi connectivity index (χ4n) is 2.11. The van der Waals surface area contributed by atoms with Crippen LogP contribution in [-0.4, -0.2) is 14.3 Å². The molecule has 0 aliphatic carbocycles. The molecule has 118 valence electrons. The average Bonchev–Trinajstić information content (AvgIpc) is 2.47. The quantitative estimate of drug-likeness (QED) is 0.847. The van der Waals surface area contributed by atoms with Gasteiger partial charge in [-0.2, -0.15) is 0 Å². The molecule has 0 fully saturated rings. The van der Waals surface area contributed by atoms with Crippen molar-refractivity contribution in [1.29, 1.82) is 0 Å². The van der Waals surface area contributed by atoms with Gasteiger partial charge in [0.2, 0.25) is 0 Å².